The number of halogens is 5. The predicted octanol–water partition coefficient (Wildman–Crippen LogP) is 3.86. The number of piperazine rings is 1. The third-order valence-electron chi connectivity index (χ3n) is 3.39. The van der Waals surface area contributed by atoms with E-state index in [9.17, 15) is 8.78 Å². The number of hydrogen-bond donors (Lipinski definition) is 1. The maximum absolute atomic E-state index is 14.2. The zero-order valence-electron chi connectivity index (χ0n) is 10.8. The molecule has 0 aromatic heterocycles. The van der Waals surface area contributed by atoms with Crippen molar-refractivity contribution in [1.29, 1.82) is 0 Å². The van der Waals surface area contributed by atoms with Crippen molar-refractivity contribution in [3.05, 3.63) is 33.6 Å². The molecule has 114 valence electrons. The molecule has 1 aliphatic rings. The van der Waals surface area contributed by atoms with Crippen molar-refractivity contribution in [2.45, 2.75) is 12.5 Å². The molecule has 0 amide bonds. The highest BCUT2D eigenvalue weighted by Gasteiger charge is 2.27. The smallest absolute Gasteiger partial charge is 0.148 e. The molecule has 0 aliphatic carbocycles. The lowest BCUT2D eigenvalue weighted by Crippen LogP contribution is -2.45. The van der Waals surface area contributed by atoms with Crippen LogP contribution in [-0.4, -0.2) is 37.8 Å². The fourth-order valence-corrected chi connectivity index (χ4v) is 2.89. The molecule has 1 saturated heterocycles. The molecule has 1 fully saturated rings. The fraction of sp³-hybridized carbons (Fsp3) is 0.538. The van der Waals surface area contributed by atoms with Crippen LogP contribution >= 0.6 is 35.6 Å². The average molecular weight is 346 g/mol. The first-order chi connectivity index (χ1) is 9.15. The molecule has 0 saturated carbocycles. The van der Waals surface area contributed by atoms with Gasteiger partial charge in [-0.25, -0.2) is 4.39 Å². The van der Waals surface area contributed by atoms with Crippen molar-refractivity contribution in [3.8, 4) is 0 Å². The number of hydrogen-bond acceptors (Lipinski definition) is 2. The molecule has 20 heavy (non-hydrogen) atoms. The van der Waals surface area contributed by atoms with Crippen LogP contribution in [0.25, 0.3) is 0 Å². The summed E-state index contributed by atoms with van der Waals surface area (Å²) in [4.78, 5) is 2.05. The largest absolute Gasteiger partial charge is 0.314 e. The number of nitrogens with zero attached hydrogens (tertiary/aromatic N) is 1. The lowest BCUT2D eigenvalue weighted by molar-refractivity contribution is 0.154. The Morgan fingerprint density at radius 1 is 1.20 bits per heavy atom. The first-order valence-corrected chi connectivity index (χ1v) is 7.05. The van der Waals surface area contributed by atoms with E-state index in [1.54, 1.807) is 6.07 Å². The van der Waals surface area contributed by atoms with Gasteiger partial charge in [-0.15, -0.1) is 12.4 Å². The molecular weight excluding hydrogens is 329 g/mol. The predicted molar refractivity (Wildman–Crippen MR) is 81.4 cm³/mol. The molecule has 1 atom stereocenters. The van der Waals surface area contributed by atoms with Crippen LogP contribution in [0.5, 0.6) is 0 Å². The Bertz CT molecular complexity index is 440. The summed E-state index contributed by atoms with van der Waals surface area (Å²) in [5.74, 6) is -0.536. The highest BCUT2D eigenvalue weighted by atomic mass is 35.5. The van der Waals surface area contributed by atoms with Crippen molar-refractivity contribution < 1.29 is 8.78 Å². The average Bonchev–Trinajstić information content (AvgIpc) is 2.43. The van der Waals surface area contributed by atoms with Crippen molar-refractivity contribution in [2.75, 3.05) is 32.9 Å². The Balaban J connectivity index is 0.00000200. The zero-order chi connectivity index (χ0) is 13.8. The Hall–Kier alpha value is -0.130. The molecule has 2 rings (SSSR count). The number of rotatable bonds is 4. The normalized spacial score (nSPS) is 17.6. The second kappa shape index (κ2) is 8.35. The summed E-state index contributed by atoms with van der Waals surface area (Å²) < 4.78 is 27.0. The molecule has 7 heteroatoms. The minimum atomic E-state index is -0.536. The summed E-state index contributed by atoms with van der Waals surface area (Å²) in [5, 5.41) is 3.55. The highest BCUT2D eigenvalue weighted by molar-refractivity contribution is 6.33. The maximum atomic E-state index is 14.2. The van der Waals surface area contributed by atoms with Crippen molar-refractivity contribution >= 4 is 35.6 Å². The molecule has 1 N–H and O–H groups in total. The van der Waals surface area contributed by atoms with Crippen LogP contribution in [0.15, 0.2) is 12.1 Å². The molecule has 1 aromatic rings. The molecule has 0 unspecified atom stereocenters. The minimum Gasteiger partial charge on any atom is -0.314 e. The first kappa shape index (κ1) is 17.9. The lowest BCUT2D eigenvalue weighted by Gasteiger charge is -2.35. The molecule has 0 spiro atoms. The molecular formula is C13H17Cl3F2N2. The topological polar surface area (TPSA) is 15.3 Å². The molecule has 1 aliphatic heterocycles. The van der Waals surface area contributed by atoms with E-state index in [0.29, 0.717) is 10.6 Å². The second-order valence-corrected chi connectivity index (χ2v) is 5.35. The van der Waals surface area contributed by atoms with Gasteiger partial charge in [0, 0.05) is 42.8 Å². The second-order valence-electron chi connectivity index (χ2n) is 4.54. The lowest BCUT2D eigenvalue weighted by atomic mass is 10.0. The van der Waals surface area contributed by atoms with Gasteiger partial charge < -0.3 is 5.32 Å². The summed E-state index contributed by atoms with van der Waals surface area (Å²) in [6.07, 6.45) is 0.219. The van der Waals surface area contributed by atoms with Crippen LogP contribution in [0.2, 0.25) is 10.0 Å². The summed E-state index contributed by atoms with van der Waals surface area (Å²) in [5.41, 5.74) is 0.314. The van der Waals surface area contributed by atoms with Gasteiger partial charge in [0.15, 0.2) is 0 Å². The van der Waals surface area contributed by atoms with E-state index in [1.807, 2.05) is 0 Å². The van der Waals surface area contributed by atoms with E-state index in [1.165, 1.54) is 6.07 Å². The first-order valence-electron chi connectivity index (χ1n) is 6.29. The van der Waals surface area contributed by atoms with Gasteiger partial charge in [-0.2, -0.15) is 0 Å². The van der Waals surface area contributed by atoms with Gasteiger partial charge in [-0.1, -0.05) is 23.2 Å². The van der Waals surface area contributed by atoms with Crippen molar-refractivity contribution in [3.63, 3.8) is 0 Å². The third-order valence-corrected chi connectivity index (χ3v) is 4.01. The number of benzene rings is 1. The minimum absolute atomic E-state index is 0. The van der Waals surface area contributed by atoms with Gasteiger partial charge in [0.05, 0.1) is 11.7 Å². The monoisotopic (exact) mass is 344 g/mol. The Kier molecular flexibility index (Phi) is 7.48. The van der Waals surface area contributed by atoms with E-state index in [-0.39, 0.29) is 29.9 Å². The zero-order valence-corrected chi connectivity index (χ0v) is 13.2. The van der Waals surface area contributed by atoms with E-state index < -0.39 is 12.5 Å². The molecule has 1 heterocycles. The van der Waals surface area contributed by atoms with Gasteiger partial charge in [0.2, 0.25) is 0 Å². The fourth-order valence-electron chi connectivity index (χ4n) is 2.45. The quantitative estimate of drug-likeness (QED) is 0.834. The summed E-state index contributed by atoms with van der Waals surface area (Å²) in [6, 6.07) is 2.63. The van der Waals surface area contributed by atoms with Gasteiger partial charge in [-0.3, -0.25) is 9.29 Å². The van der Waals surface area contributed by atoms with Gasteiger partial charge >= 0.3 is 0 Å². The Morgan fingerprint density at radius 2 is 1.80 bits per heavy atom. The van der Waals surface area contributed by atoms with Crippen LogP contribution in [0.3, 0.4) is 0 Å². The maximum Gasteiger partial charge on any atom is 0.148 e. The number of alkyl halides is 1. The van der Waals surface area contributed by atoms with Crippen LogP contribution in [-0.2, 0) is 0 Å². The van der Waals surface area contributed by atoms with Gasteiger partial charge in [0.1, 0.15) is 5.82 Å². The van der Waals surface area contributed by atoms with Crippen LogP contribution in [0.4, 0.5) is 8.78 Å². The molecule has 0 bridgehead atoms. The highest BCUT2D eigenvalue weighted by Crippen LogP contribution is 2.35. The van der Waals surface area contributed by atoms with Crippen molar-refractivity contribution in [2.24, 2.45) is 0 Å². The van der Waals surface area contributed by atoms with E-state index in [4.69, 9.17) is 23.2 Å². The van der Waals surface area contributed by atoms with Crippen LogP contribution < -0.4 is 5.32 Å². The van der Waals surface area contributed by atoms with Crippen LogP contribution in [0.1, 0.15) is 18.0 Å². The molecule has 0 radical (unpaired) electrons. The van der Waals surface area contributed by atoms with Gasteiger partial charge in [0.25, 0.3) is 0 Å². The van der Waals surface area contributed by atoms with E-state index >= 15 is 0 Å². The Labute approximate surface area is 133 Å². The van der Waals surface area contributed by atoms with Gasteiger partial charge in [-0.05, 0) is 18.6 Å². The van der Waals surface area contributed by atoms with E-state index in [0.717, 1.165) is 26.2 Å². The third kappa shape index (κ3) is 3.95. The Morgan fingerprint density at radius 3 is 2.40 bits per heavy atom. The standard InChI is InChI=1S/C13H16Cl2F2N2.ClH/c14-9-1-2-10(15)13(17)12(9)11(3-4-16)19-7-5-18-6-8-19;/h1-2,11,18H,3-8H2;1H/t11-;/m0./s1. The summed E-state index contributed by atoms with van der Waals surface area (Å²) in [7, 11) is 0. The molecule has 2 nitrogen and oxygen atoms in total. The summed E-state index contributed by atoms with van der Waals surface area (Å²) in [6.45, 7) is 2.59. The van der Waals surface area contributed by atoms with E-state index in [2.05, 4.69) is 10.2 Å². The summed E-state index contributed by atoms with van der Waals surface area (Å²) >= 11 is 11.9. The number of nitrogens with one attached hydrogen (secondary N) is 1. The van der Waals surface area contributed by atoms with Crippen LogP contribution in [0, 0.1) is 5.82 Å². The van der Waals surface area contributed by atoms with Crippen molar-refractivity contribution in [1.82, 2.24) is 10.2 Å². The molecule has 1 aromatic carbocycles. The SMILES string of the molecule is Cl.FCC[C@@H](c1c(Cl)ccc(Cl)c1F)N1CCNCC1.